The highest BCUT2D eigenvalue weighted by molar-refractivity contribution is 6.30. The smallest absolute Gasteiger partial charge is 0.303 e. The van der Waals surface area contributed by atoms with Crippen molar-refractivity contribution in [3.8, 4) is 11.5 Å². The molecule has 0 fully saturated rings. The number of aromatic hydroxyl groups is 2. The van der Waals surface area contributed by atoms with Crippen LogP contribution in [0.3, 0.4) is 0 Å². The lowest BCUT2D eigenvalue weighted by Gasteiger charge is -2.39. The molecular weight excluding hydrogens is 446 g/mol. The Morgan fingerprint density at radius 2 is 1.68 bits per heavy atom. The Kier molecular flexibility index (Phi) is 5.98. The number of phenolic OH excluding ortho intramolecular Hbond substituents is 2. The molecule has 10 nitrogen and oxygen atoms in total. The maximum Gasteiger partial charge on any atom is 0.303 e. The molecular formula is C24H23NO9. The normalized spacial score (nSPS) is 20.9. The molecule has 0 radical (unpaired) electrons. The third-order valence-electron chi connectivity index (χ3n) is 6.25. The van der Waals surface area contributed by atoms with Crippen molar-refractivity contribution < 1.29 is 44.3 Å². The number of hydrogen-bond donors (Lipinski definition) is 5. The molecule has 2 aromatic carbocycles. The van der Waals surface area contributed by atoms with Crippen LogP contribution >= 0.6 is 0 Å². The van der Waals surface area contributed by atoms with Gasteiger partial charge in [-0.25, -0.2) is 0 Å². The molecule has 0 amide bonds. The van der Waals surface area contributed by atoms with Crippen molar-refractivity contribution in [2.24, 2.45) is 0 Å². The van der Waals surface area contributed by atoms with E-state index in [2.05, 4.69) is 5.32 Å². The second-order valence-electron chi connectivity index (χ2n) is 8.39. The first-order chi connectivity index (χ1) is 16.1. The van der Waals surface area contributed by atoms with Crippen molar-refractivity contribution in [3.63, 3.8) is 0 Å². The van der Waals surface area contributed by atoms with Crippen molar-refractivity contribution in [3.05, 3.63) is 57.6 Å². The number of aliphatic hydroxyl groups is 2. The fourth-order valence-electron chi connectivity index (χ4n) is 4.67. The third kappa shape index (κ3) is 3.65. The molecule has 34 heavy (non-hydrogen) atoms. The van der Waals surface area contributed by atoms with Gasteiger partial charge in [0.05, 0.1) is 17.7 Å². The van der Waals surface area contributed by atoms with E-state index in [-0.39, 0.29) is 47.4 Å². The average molecular weight is 469 g/mol. The Morgan fingerprint density at radius 1 is 1.09 bits per heavy atom. The lowest BCUT2D eigenvalue weighted by molar-refractivity contribution is -0.154. The van der Waals surface area contributed by atoms with E-state index in [1.807, 2.05) is 0 Å². The van der Waals surface area contributed by atoms with Gasteiger partial charge in [0, 0.05) is 54.6 Å². The molecule has 4 rings (SSSR count). The number of ketones is 3. The number of carbonyl (C=O) groups excluding carboxylic acids is 4. The number of fused-ring (bicyclic) bond motifs is 3. The van der Waals surface area contributed by atoms with E-state index in [4.69, 9.17) is 4.74 Å². The van der Waals surface area contributed by atoms with Crippen LogP contribution in [0.25, 0.3) is 0 Å². The highest BCUT2D eigenvalue weighted by Crippen LogP contribution is 2.50. The standard InChI is InChI=1S/C24H23NO9/c1-11(27)34-10-16(28)24(33)8-14-17(15(9-24)25-6-7-26)23(32)19-18(22(14)31)20(29)12-4-2-3-5-13(12)21(19)30/h2-5,15,25-26,31-33H,6-10H2,1H3/t15-,24-/m0/s1. The lowest BCUT2D eigenvalue weighted by atomic mass is 9.71. The van der Waals surface area contributed by atoms with E-state index in [0.29, 0.717) is 0 Å². The zero-order valence-corrected chi connectivity index (χ0v) is 18.3. The molecule has 0 saturated heterocycles. The molecule has 0 aromatic heterocycles. The van der Waals surface area contributed by atoms with Crippen molar-refractivity contribution >= 4 is 23.3 Å². The number of aliphatic hydroxyl groups excluding tert-OH is 1. The van der Waals surface area contributed by atoms with Crippen molar-refractivity contribution in [2.45, 2.75) is 31.4 Å². The maximum absolute atomic E-state index is 13.2. The predicted octanol–water partition coefficient (Wildman–Crippen LogP) is 0.306. The van der Waals surface area contributed by atoms with E-state index in [1.54, 1.807) is 12.1 Å². The van der Waals surface area contributed by atoms with Crippen LogP contribution in [0.1, 0.15) is 62.4 Å². The Bertz CT molecular complexity index is 1240. The van der Waals surface area contributed by atoms with Crippen molar-refractivity contribution in [1.82, 2.24) is 5.32 Å². The fourth-order valence-corrected chi connectivity index (χ4v) is 4.67. The molecule has 0 spiro atoms. The fraction of sp³-hybridized carbons (Fsp3) is 0.333. The maximum atomic E-state index is 13.2. The zero-order valence-electron chi connectivity index (χ0n) is 18.3. The third-order valence-corrected chi connectivity index (χ3v) is 6.25. The Hall–Kier alpha value is -3.60. The van der Waals surface area contributed by atoms with Crippen LogP contribution in [0.5, 0.6) is 11.5 Å². The summed E-state index contributed by atoms with van der Waals surface area (Å²) in [6.07, 6.45) is -0.792. The molecule has 2 aliphatic rings. The van der Waals surface area contributed by atoms with Gasteiger partial charge >= 0.3 is 5.97 Å². The molecule has 0 unspecified atom stereocenters. The largest absolute Gasteiger partial charge is 0.507 e. The van der Waals surface area contributed by atoms with Crippen LogP contribution in [-0.2, 0) is 20.7 Å². The van der Waals surface area contributed by atoms with Gasteiger partial charge in [0.1, 0.15) is 17.1 Å². The predicted molar refractivity (Wildman–Crippen MR) is 116 cm³/mol. The molecule has 0 bridgehead atoms. The van der Waals surface area contributed by atoms with Gasteiger partial charge in [0.2, 0.25) is 5.78 Å². The topological polar surface area (TPSA) is 170 Å². The number of benzene rings is 2. The van der Waals surface area contributed by atoms with Crippen molar-refractivity contribution in [1.29, 1.82) is 0 Å². The number of esters is 1. The van der Waals surface area contributed by atoms with E-state index in [0.717, 1.165) is 6.92 Å². The Labute approximate surface area is 193 Å². The number of carbonyl (C=O) groups is 4. The molecule has 10 heteroatoms. The quantitative estimate of drug-likeness (QED) is 0.250. The summed E-state index contributed by atoms with van der Waals surface area (Å²) in [4.78, 5) is 50.2. The van der Waals surface area contributed by atoms with Gasteiger partial charge < -0.3 is 30.5 Å². The summed E-state index contributed by atoms with van der Waals surface area (Å²) < 4.78 is 4.72. The van der Waals surface area contributed by atoms with E-state index >= 15 is 0 Å². The summed E-state index contributed by atoms with van der Waals surface area (Å²) in [6.45, 7) is 0.0888. The van der Waals surface area contributed by atoms with Crippen LogP contribution < -0.4 is 5.32 Å². The second-order valence-corrected chi connectivity index (χ2v) is 8.39. The summed E-state index contributed by atoms with van der Waals surface area (Å²) in [5, 5.41) is 45.6. The molecule has 2 atom stereocenters. The molecule has 0 saturated carbocycles. The van der Waals surface area contributed by atoms with Gasteiger partial charge in [-0.1, -0.05) is 24.3 Å². The Morgan fingerprint density at radius 3 is 2.24 bits per heavy atom. The Balaban J connectivity index is 1.89. The lowest BCUT2D eigenvalue weighted by Crippen LogP contribution is -2.49. The summed E-state index contributed by atoms with van der Waals surface area (Å²) in [5.41, 5.74) is -2.77. The van der Waals surface area contributed by atoms with Crippen LogP contribution in [0.4, 0.5) is 0 Å². The van der Waals surface area contributed by atoms with Crippen LogP contribution in [0.15, 0.2) is 24.3 Å². The summed E-state index contributed by atoms with van der Waals surface area (Å²) in [5.74, 6) is -4.05. The SMILES string of the molecule is CC(=O)OCC(=O)[C@]1(O)Cc2c(O)c3c(c(O)c2[C@@H](NCCO)C1)C(=O)c1ccccc1C3=O. The van der Waals surface area contributed by atoms with Gasteiger partial charge in [-0.2, -0.15) is 0 Å². The van der Waals surface area contributed by atoms with Gasteiger partial charge in [0.25, 0.3) is 0 Å². The van der Waals surface area contributed by atoms with Gasteiger partial charge in [-0.05, 0) is 0 Å². The monoisotopic (exact) mass is 469 g/mol. The highest BCUT2D eigenvalue weighted by atomic mass is 16.5. The molecule has 2 aliphatic carbocycles. The number of rotatable bonds is 6. The first-order valence-electron chi connectivity index (χ1n) is 10.6. The van der Waals surface area contributed by atoms with Gasteiger partial charge in [-0.3, -0.25) is 19.2 Å². The first kappa shape index (κ1) is 23.6. The first-order valence-corrected chi connectivity index (χ1v) is 10.6. The minimum atomic E-state index is -2.12. The van der Waals surface area contributed by atoms with E-state index in [9.17, 15) is 39.6 Å². The molecule has 0 aliphatic heterocycles. The highest BCUT2D eigenvalue weighted by Gasteiger charge is 2.48. The van der Waals surface area contributed by atoms with Crippen LogP contribution in [0.2, 0.25) is 0 Å². The number of nitrogens with one attached hydrogen (secondary N) is 1. The minimum Gasteiger partial charge on any atom is -0.507 e. The van der Waals surface area contributed by atoms with Crippen molar-refractivity contribution in [2.75, 3.05) is 19.8 Å². The second kappa shape index (κ2) is 8.64. The van der Waals surface area contributed by atoms with Crippen LogP contribution in [0, 0.1) is 0 Å². The van der Waals surface area contributed by atoms with E-state index in [1.165, 1.54) is 12.1 Å². The number of phenols is 2. The average Bonchev–Trinajstić information content (AvgIpc) is 2.81. The molecule has 0 heterocycles. The number of Topliss-reactive ketones (excluding diaryl/α,β-unsaturated/α-hetero) is 1. The summed E-state index contributed by atoms with van der Waals surface area (Å²) >= 11 is 0. The summed E-state index contributed by atoms with van der Waals surface area (Å²) in [7, 11) is 0. The van der Waals surface area contributed by atoms with E-state index < -0.39 is 65.1 Å². The van der Waals surface area contributed by atoms with Gasteiger partial charge in [-0.15, -0.1) is 0 Å². The minimum absolute atomic E-state index is 0.00528. The number of hydrogen-bond acceptors (Lipinski definition) is 10. The zero-order chi connectivity index (χ0) is 24.8. The van der Waals surface area contributed by atoms with Gasteiger partial charge in [0.15, 0.2) is 18.2 Å². The molecule has 2 aromatic rings. The molecule has 178 valence electrons. The van der Waals surface area contributed by atoms with Crippen LogP contribution in [-0.4, -0.2) is 69.1 Å². The molecule has 5 N–H and O–H groups in total. The number of ether oxygens (including phenoxy) is 1. The summed E-state index contributed by atoms with van der Waals surface area (Å²) in [6, 6.07) is 5.04.